The molecule has 26 heteroatoms. The Morgan fingerprint density at radius 2 is 0.965 bits per heavy atom. The van der Waals surface area contributed by atoms with Crippen LogP contribution in [-0.2, 0) is 77.7 Å². The number of amides is 2. The van der Waals surface area contributed by atoms with Gasteiger partial charge in [-0.3, -0.25) is 24.0 Å². The lowest BCUT2D eigenvalue weighted by molar-refractivity contribution is -0.284. The van der Waals surface area contributed by atoms with E-state index in [1.807, 2.05) is 114 Å². The number of Topliss-reactive ketones (excluding diaryl/α,β-unsaturated/α-hetero) is 4. The van der Waals surface area contributed by atoms with Gasteiger partial charge in [0.2, 0.25) is 0 Å². The minimum absolute atomic E-state index is 0.00710. The van der Waals surface area contributed by atoms with Gasteiger partial charge in [-0.2, -0.15) is 0 Å². The lowest BCUT2D eigenvalue weighted by Crippen LogP contribution is -2.60. The van der Waals surface area contributed by atoms with E-state index in [1.165, 1.54) is 6.92 Å². The highest BCUT2D eigenvalue weighted by molar-refractivity contribution is 6.08. The van der Waals surface area contributed by atoms with Gasteiger partial charge in [-0.15, -0.1) is 0 Å². The number of imidazole rings is 2. The second-order valence-corrected chi connectivity index (χ2v) is 37.2. The Morgan fingerprint density at radius 1 is 0.549 bits per heavy atom. The van der Waals surface area contributed by atoms with Crippen LogP contribution in [0.1, 0.15) is 250 Å². The number of ketones is 4. The monoisotopic (exact) mass is 1580 g/mol. The summed E-state index contributed by atoms with van der Waals surface area (Å²) in [6, 6.07) is 6.12. The van der Waals surface area contributed by atoms with E-state index in [2.05, 4.69) is 70.6 Å². The number of ether oxygens (including phenoxy) is 8. The van der Waals surface area contributed by atoms with Crippen molar-refractivity contribution in [1.29, 1.82) is 0 Å². The molecule has 25 nitrogen and oxygen atoms in total. The van der Waals surface area contributed by atoms with Crippen molar-refractivity contribution in [3.63, 3.8) is 0 Å². The van der Waals surface area contributed by atoms with Gasteiger partial charge in [-0.25, -0.2) is 38.7 Å². The predicted octanol–water partition coefficient (Wildman–Crippen LogP) is 15.1. The molecule has 2 amide bonds. The van der Waals surface area contributed by atoms with Gasteiger partial charge >= 0.3 is 24.1 Å². The molecule has 6 saturated heterocycles. The largest absolute Gasteiger partial charge is 0.457 e. The van der Waals surface area contributed by atoms with Gasteiger partial charge in [0.25, 0.3) is 5.67 Å². The number of aliphatic hydroxyl groups excluding tert-OH is 1. The smallest absolute Gasteiger partial charge is 0.410 e. The van der Waals surface area contributed by atoms with Crippen molar-refractivity contribution in [2.75, 3.05) is 13.1 Å². The molecule has 6 aliphatic rings. The molecule has 0 saturated carbocycles. The van der Waals surface area contributed by atoms with Gasteiger partial charge in [0, 0.05) is 78.0 Å². The van der Waals surface area contributed by atoms with Crippen LogP contribution in [0.2, 0.25) is 0 Å². The number of pyridine rings is 2. The van der Waals surface area contributed by atoms with Gasteiger partial charge in [-0.1, -0.05) is 118 Å². The van der Waals surface area contributed by atoms with E-state index >= 15 is 4.39 Å². The highest BCUT2D eigenvalue weighted by Gasteiger charge is 2.65. The molecule has 0 spiro atoms. The number of aliphatic hydroxyl groups is 1. The number of rotatable bonds is 18. The second kappa shape index (κ2) is 35.1. The van der Waals surface area contributed by atoms with Gasteiger partial charge in [-0.05, 0) is 179 Å². The van der Waals surface area contributed by atoms with Crippen molar-refractivity contribution in [2.45, 2.75) is 345 Å². The third kappa shape index (κ3) is 18.0. The molecule has 2 unspecified atom stereocenters. The lowest BCUT2D eigenvalue weighted by atomic mass is 9.68. The molecule has 0 aliphatic carbocycles. The van der Waals surface area contributed by atoms with Gasteiger partial charge in [0.1, 0.15) is 35.8 Å². The molecule has 0 bridgehead atoms. The Kier molecular flexibility index (Phi) is 28.0. The summed E-state index contributed by atoms with van der Waals surface area (Å²) < 4.78 is 71.6. The molecule has 0 radical (unpaired) electrons. The normalized spacial score (nSPS) is 36.7. The summed E-state index contributed by atoms with van der Waals surface area (Å²) in [5.41, 5.74) is -5.25. The summed E-state index contributed by atoms with van der Waals surface area (Å²) in [5.74, 6) is -8.88. The van der Waals surface area contributed by atoms with E-state index in [-0.39, 0.29) is 72.7 Å². The highest BCUT2D eigenvalue weighted by Crippen LogP contribution is 2.50. The predicted molar refractivity (Wildman–Crippen MR) is 424 cm³/mol. The average Bonchev–Trinajstić information content (AvgIpc) is 1.60. The summed E-state index contributed by atoms with van der Waals surface area (Å²) in [5, 5.41) is 11.1. The number of fused-ring (bicyclic) bond motifs is 4. The molecule has 1 N–H and O–H groups in total. The van der Waals surface area contributed by atoms with Crippen LogP contribution < -0.4 is 0 Å². The van der Waals surface area contributed by atoms with Crippen molar-refractivity contribution in [3.05, 3.63) is 49.3 Å². The van der Waals surface area contributed by atoms with E-state index in [9.17, 15) is 43.5 Å². The Morgan fingerprint density at radius 3 is 1.41 bits per heavy atom. The third-order valence-corrected chi connectivity index (χ3v) is 26.8. The maximum absolute atomic E-state index is 16.9. The van der Waals surface area contributed by atoms with Crippen molar-refractivity contribution >= 4 is 69.6 Å². The quantitative estimate of drug-likeness (QED) is 0.0550. The molecule has 24 atom stereocenters. The molecule has 10 heterocycles. The highest BCUT2D eigenvalue weighted by atomic mass is 19.1. The fraction of sp³-hybridized carbons (Fsp3) is 0.770. The zero-order valence-electron chi connectivity index (χ0n) is 72.1. The summed E-state index contributed by atoms with van der Waals surface area (Å²) in [7, 11) is 0. The Hall–Kier alpha value is -6.87. The number of nitrogens with zero attached hydrogens (tertiary/aromatic N) is 8. The van der Waals surface area contributed by atoms with Crippen molar-refractivity contribution < 1.29 is 85.7 Å². The SMILES string of the molecule is CC[C@H]1OC(=O)[C@@](C)(F)C(=O)[C@H](C)[C@@H](OC2O[C@H](C)C[C@H](C)[C@H]2O)C(C)(C)C[C@@H](C)C(=O)[C@H](C)[C@H]2N(CCCC(C)(C)n3cnc4ncccc43)C(=O)O[C@]12CC.CC[C@H]1OC(=O)[C@H](C)C(=O)[C@H](C)[C@@H](OC2O[C@H](C)C[C@H](C)[C@H]2C)C(C)(C)C[C@@H](C)C(=O)[C@H](C)[C@H]2N(CCCC(C)(C)n3cnc4ncccc43)C(=O)O[C@]12CC. The molecular formula is C87H133FN8O17. The third-order valence-electron chi connectivity index (χ3n) is 26.8. The van der Waals surface area contributed by atoms with Gasteiger partial charge in [0.15, 0.2) is 46.6 Å². The number of halogens is 1. The fourth-order valence-corrected chi connectivity index (χ4v) is 20.3. The summed E-state index contributed by atoms with van der Waals surface area (Å²) >= 11 is 0. The molecule has 0 aromatic carbocycles. The molecule has 4 aromatic heterocycles. The number of esters is 2. The first-order valence-electron chi connectivity index (χ1n) is 41.9. The van der Waals surface area contributed by atoms with Crippen LogP contribution in [0.25, 0.3) is 22.3 Å². The summed E-state index contributed by atoms with van der Waals surface area (Å²) in [6.45, 7) is 47.3. The number of carbonyl (C=O) groups is 8. The number of hydrogen-bond donors (Lipinski definition) is 1. The average molecular weight is 1580 g/mol. The molecular weight excluding hydrogens is 1450 g/mol. The Balaban J connectivity index is 0.000000259. The standard InChI is InChI=1S/C44H68N4O8.C43H65FN4O9/c1-14-33-44(15-2)36(47(41(52)56-44)21-17-19-43(12,13)48-24-46-38-32(48)18-16-20-45-38)29(7)34(49)26(4)23-42(10,11)37(30(8)35(50)31(9)39(51)54-33)55-40-28(6)25(3)22-27(5)53-40;1-13-30-43(14-2)33(47(39(53)57-43)20-16-18-41(10,11)48-23-46-36-29(48)17-15-19-45-36)27(6)31(49)25(4)22-40(8,9)35(28(7)34(51)42(12,44)38(52)55-30)56-37-32(50)24(3)21-26(5)54-37/h16,18,20,24-31,33,36-37,40H,14-15,17,19,21-23H2,1-13H3;15,17,19,23-28,30,32-33,35,37,50H,13-14,16,18,20-22H2,1-12H3/t25-,26+,27+,28+,29-,30-,31+,33+,36+,37+,40?,44+;24-,25+,26+,27-,28-,30+,32+,33+,35+,37?,42-,43+/m00/s1. The molecule has 630 valence electrons. The Labute approximate surface area is 669 Å². The zero-order chi connectivity index (χ0) is 83.9. The van der Waals surface area contributed by atoms with Crippen LogP contribution in [0.5, 0.6) is 0 Å². The van der Waals surface area contributed by atoms with Crippen LogP contribution in [0, 0.1) is 70.0 Å². The van der Waals surface area contributed by atoms with Crippen LogP contribution in [0.15, 0.2) is 49.3 Å². The van der Waals surface area contributed by atoms with E-state index in [0.29, 0.717) is 75.1 Å². The minimum Gasteiger partial charge on any atom is -0.457 e. The number of cyclic esters (lactones) is 2. The van der Waals surface area contributed by atoms with Crippen LogP contribution in [-0.4, -0.2) is 189 Å². The van der Waals surface area contributed by atoms with Crippen LogP contribution in [0.4, 0.5) is 14.0 Å². The first-order chi connectivity index (χ1) is 52.7. The van der Waals surface area contributed by atoms with E-state index in [4.69, 9.17) is 37.9 Å². The van der Waals surface area contributed by atoms with Crippen molar-refractivity contribution in [1.82, 2.24) is 38.9 Å². The second-order valence-electron chi connectivity index (χ2n) is 37.2. The molecule has 4 aromatic rings. The molecule has 6 aliphatic heterocycles. The van der Waals surface area contributed by atoms with E-state index < -0.39 is 160 Å². The van der Waals surface area contributed by atoms with Crippen LogP contribution >= 0.6 is 0 Å². The summed E-state index contributed by atoms with van der Waals surface area (Å²) in [6.07, 6.45) is 4.57. The van der Waals surface area contributed by atoms with E-state index in [0.717, 1.165) is 24.4 Å². The first kappa shape index (κ1) is 90.1. The topological polar surface area (TPSA) is 299 Å². The van der Waals surface area contributed by atoms with Gasteiger partial charge < -0.3 is 61.9 Å². The maximum Gasteiger partial charge on any atom is 0.410 e. The molecule has 113 heavy (non-hydrogen) atoms. The van der Waals surface area contributed by atoms with Gasteiger partial charge in [0.05, 0.1) is 60.2 Å². The lowest BCUT2D eigenvalue weighted by Gasteiger charge is -2.46. The first-order valence-corrected chi connectivity index (χ1v) is 41.9. The number of carbonyl (C=O) groups excluding carboxylic acids is 8. The van der Waals surface area contributed by atoms with Crippen LogP contribution in [0.3, 0.4) is 0 Å². The summed E-state index contributed by atoms with van der Waals surface area (Å²) in [4.78, 5) is 135. The number of alkyl halides is 1. The fourth-order valence-electron chi connectivity index (χ4n) is 20.3. The van der Waals surface area contributed by atoms with E-state index in [1.54, 1.807) is 62.5 Å². The Bertz CT molecular complexity index is 4040. The zero-order valence-corrected chi connectivity index (χ0v) is 72.1. The maximum atomic E-state index is 16.9. The number of hydrogen-bond acceptors (Lipinski definition) is 21. The molecule has 6 fully saturated rings. The molecule has 10 rings (SSSR count). The number of aromatic nitrogens is 6. The van der Waals surface area contributed by atoms with Crippen molar-refractivity contribution in [3.8, 4) is 0 Å². The minimum atomic E-state index is -3.11. The van der Waals surface area contributed by atoms with Crippen molar-refractivity contribution in [2.24, 2.45) is 70.0 Å².